The molecule has 1 rings (SSSR count). The minimum Gasteiger partial charge on any atom is -0.360 e. The number of aliphatic imine (C=N–C) groups is 1. The number of amidine groups is 1. The number of hydrogen-bond acceptors (Lipinski definition) is 1. The van der Waals surface area contributed by atoms with E-state index in [9.17, 15) is 0 Å². The minimum absolute atomic E-state index is 0.848. The van der Waals surface area contributed by atoms with Crippen LogP contribution in [0.3, 0.4) is 0 Å². The lowest BCUT2D eigenvalue weighted by atomic mass is 10.0. The highest BCUT2D eigenvalue weighted by molar-refractivity contribution is 5.79. The Bertz CT molecular complexity index is 152. The van der Waals surface area contributed by atoms with Crippen molar-refractivity contribution in [3.05, 3.63) is 0 Å². The molecule has 1 aliphatic rings. The molecular weight excluding hydrogens is 136 g/mol. The third kappa shape index (κ3) is 2.21. The Balaban J connectivity index is 2.46. The predicted molar refractivity (Wildman–Crippen MR) is 49.0 cm³/mol. The van der Waals surface area contributed by atoms with E-state index in [1.807, 2.05) is 7.05 Å². The molecule has 11 heavy (non-hydrogen) atoms. The molecule has 0 N–H and O–H groups in total. The fraction of sp³-hybridized carbons (Fsp3) is 0.889. The van der Waals surface area contributed by atoms with Gasteiger partial charge in [0.05, 0.1) is 5.84 Å². The van der Waals surface area contributed by atoms with E-state index < -0.39 is 0 Å². The van der Waals surface area contributed by atoms with E-state index in [0.29, 0.717) is 0 Å². The summed E-state index contributed by atoms with van der Waals surface area (Å²) < 4.78 is 0. The van der Waals surface area contributed by atoms with Gasteiger partial charge >= 0.3 is 0 Å². The summed E-state index contributed by atoms with van der Waals surface area (Å²) in [7, 11) is 1.87. The van der Waals surface area contributed by atoms with Gasteiger partial charge in [0.1, 0.15) is 0 Å². The first kappa shape index (κ1) is 8.57. The summed E-state index contributed by atoms with van der Waals surface area (Å²) in [4.78, 5) is 6.57. The second kappa shape index (κ2) is 3.74. The minimum atomic E-state index is 0.848. The van der Waals surface area contributed by atoms with E-state index in [2.05, 4.69) is 23.7 Å². The number of rotatable bonds is 0. The van der Waals surface area contributed by atoms with E-state index in [1.54, 1.807) is 0 Å². The van der Waals surface area contributed by atoms with Crippen LogP contribution in [0.25, 0.3) is 0 Å². The highest BCUT2D eigenvalue weighted by Crippen LogP contribution is 2.15. The Morgan fingerprint density at radius 3 is 2.82 bits per heavy atom. The molecule has 0 amide bonds. The first-order valence-corrected chi connectivity index (χ1v) is 4.42. The van der Waals surface area contributed by atoms with Crippen molar-refractivity contribution in [1.82, 2.24) is 4.90 Å². The first-order chi connectivity index (χ1) is 5.24. The molecular formula is C9H18N2. The SMILES string of the molecule is CN=C(C)N1CCCC(C)C1. The molecule has 0 aromatic heterocycles. The Kier molecular flexibility index (Phi) is 2.92. The van der Waals surface area contributed by atoms with Crippen molar-refractivity contribution >= 4 is 5.84 Å². The van der Waals surface area contributed by atoms with Crippen LogP contribution < -0.4 is 0 Å². The topological polar surface area (TPSA) is 15.6 Å². The lowest BCUT2D eigenvalue weighted by Gasteiger charge is -2.32. The fourth-order valence-corrected chi connectivity index (χ4v) is 1.62. The van der Waals surface area contributed by atoms with Crippen LogP contribution in [0.1, 0.15) is 26.7 Å². The molecule has 1 saturated heterocycles. The number of likely N-dealkylation sites (tertiary alicyclic amines) is 1. The van der Waals surface area contributed by atoms with Crippen molar-refractivity contribution in [1.29, 1.82) is 0 Å². The third-order valence-electron chi connectivity index (χ3n) is 2.44. The lowest BCUT2D eigenvalue weighted by molar-refractivity contribution is 0.272. The Morgan fingerprint density at radius 2 is 2.27 bits per heavy atom. The molecule has 0 radical (unpaired) electrons. The van der Waals surface area contributed by atoms with Crippen LogP contribution in [0.2, 0.25) is 0 Å². The van der Waals surface area contributed by atoms with Crippen LogP contribution in [0, 0.1) is 5.92 Å². The van der Waals surface area contributed by atoms with E-state index in [1.165, 1.54) is 31.8 Å². The normalized spacial score (nSPS) is 27.4. The summed E-state index contributed by atoms with van der Waals surface area (Å²) in [6.07, 6.45) is 2.71. The van der Waals surface area contributed by atoms with Gasteiger partial charge in [-0.3, -0.25) is 4.99 Å². The summed E-state index contributed by atoms with van der Waals surface area (Å²) in [5.41, 5.74) is 0. The van der Waals surface area contributed by atoms with Crippen LogP contribution in [-0.2, 0) is 0 Å². The maximum Gasteiger partial charge on any atom is 0.0954 e. The summed E-state index contributed by atoms with van der Waals surface area (Å²) in [6.45, 7) is 6.81. The van der Waals surface area contributed by atoms with Crippen molar-refractivity contribution in [3.8, 4) is 0 Å². The first-order valence-electron chi connectivity index (χ1n) is 4.42. The largest absolute Gasteiger partial charge is 0.360 e. The van der Waals surface area contributed by atoms with Crippen LogP contribution in [0.15, 0.2) is 4.99 Å². The lowest BCUT2D eigenvalue weighted by Crippen LogP contribution is -2.37. The molecule has 0 aliphatic carbocycles. The van der Waals surface area contributed by atoms with Crippen molar-refractivity contribution in [2.24, 2.45) is 10.9 Å². The Hall–Kier alpha value is -0.530. The quantitative estimate of drug-likeness (QED) is 0.383. The molecule has 0 aromatic rings. The van der Waals surface area contributed by atoms with Gasteiger partial charge in [-0.25, -0.2) is 0 Å². The number of nitrogens with zero attached hydrogens (tertiary/aromatic N) is 2. The second-order valence-corrected chi connectivity index (χ2v) is 3.46. The third-order valence-corrected chi connectivity index (χ3v) is 2.44. The zero-order valence-corrected chi connectivity index (χ0v) is 7.80. The molecule has 64 valence electrons. The molecule has 2 nitrogen and oxygen atoms in total. The van der Waals surface area contributed by atoms with Crippen LogP contribution in [0.5, 0.6) is 0 Å². The van der Waals surface area contributed by atoms with Gasteiger partial charge in [-0.15, -0.1) is 0 Å². The van der Waals surface area contributed by atoms with Gasteiger partial charge in [0.2, 0.25) is 0 Å². The van der Waals surface area contributed by atoms with Crippen molar-refractivity contribution in [2.45, 2.75) is 26.7 Å². The van der Waals surface area contributed by atoms with Crippen LogP contribution in [-0.4, -0.2) is 30.9 Å². The van der Waals surface area contributed by atoms with Gasteiger partial charge in [0, 0.05) is 20.1 Å². The van der Waals surface area contributed by atoms with Gasteiger partial charge in [0.15, 0.2) is 0 Å². The monoisotopic (exact) mass is 154 g/mol. The van der Waals surface area contributed by atoms with Gasteiger partial charge in [-0.2, -0.15) is 0 Å². The summed E-state index contributed by atoms with van der Waals surface area (Å²) >= 11 is 0. The van der Waals surface area contributed by atoms with Crippen molar-refractivity contribution in [2.75, 3.05) is 20.1 Å². The van der Waals surface area contributed by atoms with E-state index >= 15 is 0 Å². The zero-order valence-electron chi connectivity index (χ0n) is 7.80. The number of piperidine rings is 1. The maximum atomic E-state index is 4.19. The maximum absolute atomic E-state index is 4.19. The molecule has 1 heterocycles. The molecule has 1 unspecified atom stereocenters. The second-order valence-electron chi connectivity index (χ2n) is 3.46. The molecule has 1 aliphatic heterocycles. The smallest absolute Gasteiger partial charge is 0.0954 e. The van der Waals surface area contributed by atoms with Crippen molar-refractivity contribution in [3.63, 3.8) is 0 Å². The molecule has 0 spiro atoms. The molecule has 1 fully saturated rings. The van der Waals surface area contributed by atoms with Gasteiger partial charge < -0.3 is 4.90 Å². The zero-order chi connectivity index (χ0) is 8.27. The summed E-state index contributed by atoms with van der Waals surface area (Å²) in [5.74, 6) is 2.04. The van der Waals surface area contributed by atoms with Gasteiger partial charge in [0.25, 0.3) is 0 Å². The average molecular weight is 154 g/mol. The van der Waals surface area contributed by atoms with Gasteiger partial charge in [-0.05, 0) is 25.7 Å². The van der Waals surface area contributed by atoms with E-state index in [-0.39, 0.29) is 0 Å². The summed E-state index contributed by atoms with van der Waals surface area (Å²) in [6, 6.07) is 0. The van der Waals surface area contributed by atoms with E-state index in [0.717, 1.165) is 5.92 Å². The number of hydrogen-bond donors (Lipinski definition) is 0. The Labute approximate surface area is 69.3 Å². The van der Waals surface area contributed by atoms with Crippen LogP contribution >= 0.6 is 0 Å². The van der Waals surface area contributed by atoms with Crippen molar-refractivity contribution < 1.29 is 0 Å². The molecule has 1 atom stereocenters. The Morgan fingerprint density at radius 1 is 1.55 bits per heavy atom. The predicted octanol–water partition coefficient (Wildman–Crippen LogP) is 1.77. The molecule has 0 saturated carbocycles. The van der Waals surface area contributed by atoms with E-state index in [4.69, 9.17) is 0 Å². The molecule has 0 bridgehead atoms. The summed E-state index contributed by atoms with van der Waals surface area (Å²) in [5, 5.41) is 0. The highest BCUT2D eigenvalue weighted by atomic mass is 15.2. The highest BCUT2D eigenvalue weighted by Gasteiger charge is 2.16. The molecule has 0 aromatic carbocycles. The standard InChI is InChI=1S/C9H18N2/c1-8-5-4-6-11(7-8)9(2)10-3/h8H,4-7H2,1-3H3. The van der Waals surface area contributed by atoms with Gasteiger partial charge in [-0.1, -0.05) is 6.92 Å². The average Bonchev–Trinajstić information content (AvgIpc) is 2.03. The molecule has 2 heteroatoms. The van der Waals surface area contributed by atoms with Crippen LogP contribution in [0.4, 0.5) is 0 Å². The fourth-order valence-electron chi connectivity index (χ4n) is 1.62.